The van der Waals surface area contributed by atoms with Crippen LogP contribution in [-0.4, -0.2) is 11.5 Å². The second kappa shape index (κ2) is 6.26. The molecule has 1 aromatic heterocycles. The predicted molar refractivity (Wildman–Crippen MR) is 75.9 cm³/mol. The molecule has 1 heterocycles. The third kappa shape index (κ3) is 3.61. The molecule has 1 N–H and O–H groups in total. The van der Waals surface area contributed by atoms with E-state index in [-0.39, 0.29) is 6.04 Å². The van der Waals surface area contributed by atoms with Crippen LogP contribution >= 0.6 is 0 Å². The number of halogens is 3. The van der Waals surface area contributed by atoms with Crippen LogP contribution in [0.1, 0.15) is 35.3 Å². The quantitative estimate of drug-likeness (QED) is 0.918. The zero-order chi connectivity index (χ0) is 15.5. The van der Waals surface area contributed by atoms with E-state index >= 15 is 0 Å². The van der Waals surface area contributed by atoms with E-state index in [0.29, 0.717) is 6.54 Å². The van der Waals surface area contributed by atoms with E-state index in [9.17, 15) is 13.2 Å². The van der Waals surface area contributed by atoms with Gasteiger partial charge in [-0.2, -0.15) is 13.2 Å². The molecule has 1 unspecified atom stereocenters. The molecule has 2 nitrogen and oxygen atoms in total. The molecule has 0 radical (unpaired) electrons. The van der Waals surface area contributed by atoms with Crippen molar-refractivity contribution in [2.24, 2.45) is 0 Å². The average Bonchev–Trinajstić information content (AvgIpc) is 2.45. The first kappa shape index (κ1) is 15.5. The fraction of sp³-hybridized carbons (Fsp3) is 0.312. The van der Waals surface area contributed by atoms with Crippen LogP contribution in [0.3, 0.4) is 0 Å². The summed E-state index contributed by atoms with van der Waals surface area (Å²) in [7, 11) is 0. The van der Waals surface area contributed by atoms with Gasteiger partial charge >= 0.3 is 6.18 Å². The van der Waals surface area contributed by atoms with Crippen molar-refractivity contribution in [2.45, 2.75) is 26.1 Å². The Balaban J connectivity index is 2.37. The van der Waals surface area contributed by atoms with E-state index in [1.54, 1.807) is 6.20 Å². The van der Waals surface area contributed by atoms with Gasteiger partial charge in [-0.3, -0.25) is 4.98 Å². The van der Waals surface area contributed by atoms with Gasteiger partial charge in [-0.1, -0.05) is 25.1 Å². The van der Waals surface area contributed by atoms with Crippen molar-refractivity contribution in [3.8, 4) is 0 Å². The molecule has 112 valence electrons. The molecule has 0 spiro atoms. The Bertz CT molecular complexity index is 591. The van der Waals surface area contributed by atoms with Crippen LogP contribution in [0.15, 0.2) is 42.6 Å². The minimum atomic E-state index is -4.31. The Morgan fingerprint density at radius 2 is 1.81 bits per heavy atom. The minimum Gasteiger partial charge on any atom is -0.306 e. The normalized spacial score (nSPS) is 13.2. The van der Waals surface area contributed by atoms with Crippen molar-refractivity contribution in [3.63, 3.8) is 0 Å². The molecular formula is C16H17F3N2. The number of hydrogen-bond donors (Lipinski definition) is 1. The van der Waals surface area contributed by atoms with Gasteiger partial charge < -0.3 is 5.32 Å². The molecule has 1 atom stereocenters. The van der Waals surface area contributed by atoms with Crippen LogP contribution in [0, 0.1) is 6.92 Å². The molecule has 2 aromatic rings. The summed E-state index contributed by atoms with van der Waals surface area (Å²) in [5.41, 5.74) is 1.99. The molecule has 0 bridgehead atoms. The maximum absolute atomic E-state index is 12.6. The lowest BCUT2D eigenvalue weighted by atomic mass is 9.96. The molecule has 5 heteroatoms. The summed E-state index contributed by atoms with van der Waals surface area (Å²) < 4.78 is 37.9. The number of hydrogen-bond acceptors (Lipinski definition) is 2. The molecule has 0 saturated heterocycles. The van der Waals surface area contributed by atoms with Crippen LogP contribution in [0.4, 0.5) is 13.2 Å². The molecule has 0 aliphatic carbocycles. The van der Waals surface area contributed by atoms with Crippen molar-refractivity contribution in [3.05, 3.63) is 65.0 Å². The van der Waals surface area contributed by atoms with Crippen LogP contribution in [0.2, 0.25) is 0 Å². The number of aryl methyl sites for hydroxylation is 1. The average molecular weight is 294 g/mol. The molecule has 21 heavy (non-hydrogen) atoms. The number of benzene rings is 1. The Hall–Kier alpha value is -1.88. The van der Waals surface area contributed by atoms with E-state index in [4.69, 9.17) is 0 Å². The molecular weight excluding hydrogens is 277 g/mol. The highest BCUT2D eigenvalue weighted by atomic mass is 19.4. The third-order valence-corrected chi connectivity index (χ3v) is 3.34. The Morgan fingerprint density at radius 3 is 2.33 bits per heavy atom. The fourth-order valence-corrected chi connectivity index (χ4v) is 2.28. The smallest absolute Gasteiger partial charge is 0.306 e. The largest absolute Gasteiger partial charge is 0.416 e. The van der Waals surface area contributed by atoms with Crippen molar-refractivity contribution < 1.29 is 13.2 Å². The van der Waals surface area contributed by atoms with E-state index < -0.39 is 11.7 Å². The van der Waals surface area contributed by atoms with E-state index in [1.165, 1.54) is 12.1 Å². The van der Waals surface area contributed by atoms with Crippen molar-refractivity contribution in [1.29, 1.82) is 0 Å². The highest BCUT2D eigenvalue weighted by Gasteiger charge is 2.30. The maximum atomic E-state index is 12.6. The summed E-state index contributed by atoms with van der Waals surface area (Å²) in [6.07, 6.45) is -2.61. The van der Waals surface area contributed by atoms with E-state index in [1.807, 2.05) is 26.0 Å². The first-order valence-corrected chi connectivity index (χ1v) is 6.75. The predicted octanol–water partition coefficient (Wildman–Crippen LogP) is 4.11. The van der Waals surface area contributed by atoms with Gasteiger partial charge in [0.15, 0.2) is 0 Å². The summed E-state index contributed by atoms with van der Waals surface area (Å²) in [6.45, 7) is 4.56. The van der Waals surface area contributed by atoms with Crippen LogP contribution in [0.5, 0.6) is 0 Å². The lowest BCUT2D eigenvalue weighted by molar-refractivity contribution is -0.137. The molecule has 0 saturated carbocycles. The summed E-state index contributed by atoms with van der Waals surface area (Å²) in [4.78, 5) is 4.24. The Kier molecular flexibility index (Phi) is 4.63. The number of aromatic nitrogens is 1. The van der Waals surface area contributed by atoms with Gasteiger partial charge in [-0.05, 0) is 42.8 Å². The lowest BCUT2D eigenvalue weighted by Crippen LogP contribution is -2.23. The topological polar surface area (TPSA) is 24.9 Å². The highest BCUT2D eigenvalue weighted by Crippen LogP contribution is 2.31. The first-order valence-electron chi connectivity index (χ1n) is 6.75. The Labute approximate surface area is 122 Å². The molecule has 0 aliphatic rings. The maximum Gasteiger partial charge on any atom is 0.416 e. The zero-order valence-corrected chi connectivity index (χ0v) is 11.9. The third-order valence-electron chi connectivity index (χ3n) is 3.34. The molecule has 0 amide bonds. The van der Waals surface area contributed by atoms with Gasteiger partial charge in [0.05, 0.1) is 11.6 Å². The molecule has 0 aliphatic heterocycles. The summed E-state index contributed by atoms with van der Waals surface area (Å²) >= 11 is 0. The van der Waals surface area contributed by atoms with Gasteiger partial charge in [0, 0.05) is 11.9 Å². The number of nitrogens with zero attached hydrogens (tertiary/aromatic N) is 1. The van der Waals surface area contributed by atoms with Crippen molar-refractivity contribution in [2.75, 3.05) is 6.54 Å². The Morgan fingerprint density at radius 1 is 1.14 bits per heavy atom. The zero-order valence-electron chi connectivity index (χ0n) is 11.9. The standard InChI is InChI=1S/C16H17F3N2/c1-3-20-15(14-5-4-10-21-11(14)2)12-6-8-13(9-7-12)16(17,18)19/h4-10,15,20H,3H2,1-2H3. The summed E-state index contributed by atoms with van der Waals surface area (Å²) in [5, 5.41) is 3.29. The summed E-state index contributed by atoms with van der Waals surface area (Å²) in [6, 6.07) is 8.87. The van der Waals surface area contributed by atoms with Gasteiger partial charge in [0.25, 0.3) is 0 Å². The van der Waals surface area contributed by atoms with Gasteiger partial charge in [0.2, 0.25) is 0 Å². The second-order valence-electron chi connectivity index (χ2n) is 4.79. The first-order chi connectivity index (χ1) is 9.93. The van der Waals surface area contributed by atoms with Crippen LogP contribution < -0.4 is 5.32 Å². The van der Waals surface area contributed by atoms with Crippen molar-refractivity contribution in [1.82, 2.24) is 10.3 Å². The lowest BCUT2D eigenvalue weighted by Gasteiger charge is -2.21. The molecule has 2 rings (SSSR count). The number of pyridine rings is 1. The highest BCUT2D eigenvalue weighted by molar-refractivity contribution is 5.35. The molecule has 0 fully saturated rings. The SMILES string of the molecule is CCNC(c1ccc(C(F)(F)F)cc1)c1cccnc1C. The fourth-order valence-electron chi connectivity index (χ4n) is 2.28. The van der Waals surface area contributed by atoms with E-state index in [2.05, 4.69) is 10.3 Å². The monoisotopic (exact) mass is 294 g/mol. The van der Waals surface area contributed by atoms with Crippen LogP contribution in [-0.2, 0) is 6.18 Å². The summed E-state index contributed by atoms with van der Waals surface area (Å²) in [5.74, 6) is 0. The van der Waals surface area contributed by atoms with Gasteiger partial charge in [0.1, 0.15) is 0 Å². The van der Waals surface area contributed by atoms with Gasteiger partial charge in [-0.25, -0.2) is 0 Å². The molecule has 1 aromatic carbocycles. The van der Waals surface area contributed by atoms with Crippen molar-refractivity contribution >= 4 is 0 Å². The second-order valence-corrected chi connectivity index (χ2v) is 4.79. The van der Waals surface area contributed by atoms with E-state index in [0.717, 1.165) is 29.0 Å². The number of alkyl halides is 3. The number of rotatable bonds is 4. The number of nitrogens with one attached hydrogen (secondary N) is 1. The minimum absolute atomic E-state index is 0.161. The van der Waals surface area contributed by atoms with Crippen LogP contribution in [0.25, 0.3) is 0 Å². The van der Waals surface area contributed by atoms with Gasteiger partial charge in [-0.15, -0.1) is 0 Å².